The van der Waals surface area contributed by atoms with Gasteiger partial charge in [-0.25, -0.2) is 4.79 Å². The summed E-state index contributed by atoms with van der Waals surface area (Å²) in [4.78, 5) is 35.9. The van der Waals surface area contributed by atoms with Gasteiger partial charge < -0.3 is 24.6 Å². The number of carbonyl (C=O) groups is 1. The van der Waals surface area contributed by atoms with E-state index in [9.17, 15) is 14.7 Å². The Labute approximate surface area is 195 Å². The van der Waals surface area contributed by atoms with Gasteiger partial charge in [0.25, 0.3) is 11.9 Å². The van der Waals surface area contributed by atoms with Gasteiger partial charge in [0.2, 0.25) is 5.89 Å². The number of aliphatic hydroxyl groups excluding tert-OH is 1. The predicted molar refractivity (Wildman–Crippen MR) is 122 cm³/mol. The van der Waals surface area contributed by atoms with Crippen LogP contribution in [0.2, 0.25) is 0 Å². The maximum Gasteiger partial charge on any atom is 0.351 e. The number of aromatic nitrogens is 4. The molecule has 11 nitrogen and oxygen atoms in total. The molecule has 5 rings (SSSR count). The van der Waals surface area contributed by atoms with Crippen molar-refractivity contribution < 1.29 is 19.2 Å². The largest absolute Gasteiger partial charge is 0.388 e. The zero-order valence-electron chi connectivity index (χ0n) is 19.1. The third kappa shape index (κ3) is 3.57. The number of rotatable bonds is 5. The zero-order valence-corrected chi connectivity index (χ0v) is 19.1. The van der Waals surface area contributed by atoms with Crippen molar-refractivity contribution in [3.05, 3.63) is 64.0 Å². The summed E-state index contributed by atoms with van der Waals surface area (Å²) in [7, 11) is 0. The number of hydrogen-bond acceptors (Lipinski definition) is 9. The minimum Gasteiger partial charge on any atom is -0.388 e. The van der Waals surface area contributed by atoms with E-state index in [1.807, 2.05) is 17.9 Å². The van der Waals surface area contributed by atoms with E-state index < -0.39 is 29.7 Å². The molecule has 0 aliphatic carbocycles. The SMILES string of the molecule is CC[C@@]12CCN(c3noc(C)n3)[C@@H]([C@H](n3cc(C)c(NC(=O)c4ccccc4)nc3=O)O1)[C@@H]2O. The topological polar surface area (TPSA) is 136 Å². The zero-order chi connectivity index (χ0) is 24.0. The van der Waals surface area contributed by atoms with Gasteiger partial charge >= 0.3 is 5.69 Å². The number of carbonyl (C=O) groups excluding carboxylic acids is 1. The van der Waals surface area contributed by atoms with E-state index in [0.717, 1.165) is 0 Å². The standard InChI is InChI=1S/C23H26N6O5/c1-4-23-10-11-28(21-24-14(3)34-27-21)16(17(23)30)20(33-23)29-12-13(2)18(26-22(29)32)25-19(31)15-8-6-5-7-9-15/h5-9,12,16-17,20,30H,4,10-11H2,1-3H3,(H,25,26,31,32)/t16-,17+,20-,23+/m1/s1. The van der Waals surface area contributed by atoms with Crippen LogP contribution in [-0.2, 0) is 4.74 Å². The Morgan fingerprint density at radius 2 is 2.03 bits per heavy atom. The molecule has 4 heterocycles. The van der Waals surface area contributed by atoms with E-state index in [-0.39, 0.29) is 11.7 Å². The molecule has 34 heavy (non-hydrogen) atoms. The third-order valence-corrected chi connectivity index (χ3v) is 6.69. The number of hydrogen-bond donors (Lipinski definition) is 2. The average Bonchev–Trinajstić information content (AvgIpc) is 3.33. The lowest BCUT2D eigenvalue weighted by atomic mass is 9.84. The summed E-state index contributed by atoms with van der Waals surface area (Å²) in [6.45, 7) is 5.93. The number of nitrogens with one attached hydrogen (secondary N) is 1. The van der Waals surface area contributed by atoms with Crippen molar-refractivity contribution in [2.24, 2.45) is 0 Å². The molecule has 0 spiro atoms. The van der Waals surface area contributed by atoms with Crippen LogP contribution in [0, 0.1) is 13.8 Å². The van der Waals surface area contributed by atoms with Crippen LogP contribution >= 0.6 is 0 Å². The number of aryl methyl sites for hydroxylation is 2. The molecule has 2 fully saturated rings. The fraction of sp³-hybridized carbons (Fsp3) is 0.435. The highest BCUT2D eigenvalue weighted by Gasteiger charge is 2.60. The van der Waals surface area contributed by atoms with Crippen LogP contribution < -0.4 is 15.9 Å². The molecular weight excluding hydrogens is 440 g/mol. The van der Waals surface area contributed by atoms with E-state index >= 15 is 0 Å². The van der Waals surface area contributed by atoms with E-state index in [1.165, 1.54) is 4.57 Å². The monoisotopic (exact) mass is 466 g/mol. The van der Waals surface area contributed by atoms with Crippen LogP contribution in [0.5, 0.6) is 0 Å². The average molecular weight is 466 g/mol. The molecule has 4 atom stereocenters. The summed E-state index contributed by atoms with van der Waals surface area (Å²) in [6.07, 6.45) is 1.01. The smallest absolute Gasteiger partial charge is 0.351 e. The van der Waals surface area contributed by atoms with Crippen molar-refractivity contribution in [3.8, 4) is 0 Å². The molecule has 2 saturated heterocycles. The third-order valence-electron chi connectivity index (χ3n) is 6.69. The van der Waals surface area contributed by atoms with Crippen molar-refractivity contribution >= 4 is 17.7 Å². The second-order valence-corrected chi connectivity index (χ2v) is 8.70. The Morgan fingerprint density at radius 1 is 1.26 bits per heavy atom. The lowest BCUT2D eigenvalue weighted by Crippen LogP contribution is -2.57. The Morgan fingerprint density at radius 3 is 2.71 bits per heavy atom. The molecular formula is C23H26N6O5. The van der Waals surface area contributed by atoms with Gasteiger partial charge in [0, 0.05) is 30.8 Å². The molecule has 2 aromatic heterocycles. The van der Waals surface area contributed by atoms with Gasteiger partial charge in [0.1, 0.15) is 23.6 Å². The van der Waals surface area contributed by atoms with Crippen LogP contribution in [-0.4, -0.2) is 55.0 Å². The number of amides is 1. The molecule has 0 unspecified atom stereocenters. The molecule has 2 aliphatic rings. The minimum atomic E-state index is -0.875. The minimum absolute atomic E-state index is 0.174. The summed E-state index contributed by atoms with van der Waals surface area (Å²) in [5, 5.41) is 17.9. The number of fused-ring (bicyclic) bond motifs is 2. The summed E-state index contributed by atoms with van der Waals surface area (Å²) < 4.78 is 12.9. The van der Waals surface area contributed by atoms with Crippen molar-refractivity contribution in [1.82, 2.24) is 19.7 Å². The van der Waals surface area contributed by atoms with E-state index in [1.54, 1.807) is 44.3 Å². The predicted octanol–water partition coefficient (Wildman–Crippen LogP) is 1.81. The number of nitrogens with zero attached hydrogens (tertiary/aromatic N) is 5. The fourth-order valence-electron chi connectivity index (χ4n) is 4.81. The van der Waals surface area contributed by atoms with Crippen molar-refractivity contribution in [3.63, 3.8) is 0 Å². The maximum absolute atomic E-state index is 13.1. The van der Waals surface area contributed by atoms with Gasteiger partial charge in [-0.05, 0) is 37.1 Å². The van der Waals surface area contributed by atoms with Crippen LogP contribution in [0.15, 0.2) is 45.8 Å². The number of benzene rings is 1. The van der Waals surface area contributed by atoms with Gasteiger partial charge in [0.15, 0.2) is 6.23 Å². The molecule has 1 aromatic carbocycles. The molecule has 0 saturated carbocycles. The summed E-state index contributed by atoms with van der Waals surface area (Å²) in [5.41, 5.74) is -0.358. The van der Waals surface area contributed by atoms with Crippen LogP contribution in [0.1, 0.15) is 47.8 Å². The van der Waals surface area contributed by atoms with Crippen LogP contribution in [0.4, 0.5) is 11.8 Å². The highest BCUT2D eigenvalue weighted by molar-refractivity contribution is 6.03. The first-order valence-electron chi connectivity index (χ1n) is 11.2. The van der Waals surface area contributed by atoms with Crippen molar-refractivity contribution in [1.29, 1.82) is 0 Å². The van der Waals surface area contributed by atoms with E-state index in [4.69, 9.17) is 9.26 Å². The maximum atomic E-state index is 13.1. The van der Waals surface area contributed by atoms with Crippen LogP contribution in [0.25, 0.3) is 0 Å². The molecule has 11 heteroatoms. The quantitative estimate of drug-likeness (QED) is 0.577. The second-order valence-electron chi connectivity index (χ2n) is 8.70. The first-order valence-corrected chi connectivity index (χ1v) is 11.2. The number of aliphatic hydroxyl groups is 1. The summed E-state index contributed by atoms with van der Waals surface area (Å²) in [5.74, 6) is 0.555. The Hall–Kier alpha value is -3.57. The van der Waals surface area contributed by atoms with Crippen molar-refractivity contribution in [2.75, 3.05) is 16.8 Å². The van der Waals surface area contributed by atoms with Crippen molar-refractivity contribution in [2.45, 2.75) is 57.6 Å². The van der Waals surface area contributed by atoms with E-state index in [2.05, 4.69) is 20.4 Å². The first-order chi connectivity index (χ1) is 16.3. The molecule has 1 amide bonds. The summed E-state index contributed by atoms with van der Waals surface area (Å²) in [6, 6.07) is 8.07. The number of anilines is 2. The fourth-order valence-corrected chi connectivity index (χ4v) is 4.81. The molecule has 178 valence electrons. The molecule has 3 aromatic rings. The Balaban J connectivity index is 1.49. The van der Waals surface area contributed by atoms with Crippen LogP contribution in [0.3, 0.4) is 0 Å². The highest BCUT2D eigenvalue weighted by Crippen LogP contribution is 2.47. The molecule has 2 bridgehead atoms. The van der Waals surface area contributed by atoms with Gasteiger partial charge in [-0.2, -0.15) is 9.97 Å². The van der Waals surface area contributed by atoms with Gasteiger partial charge in [0.05, 0.1) is 0 Å². The lowest BCUT2D eigenvalue weighted by molar-refractivity contribution is -0.107. The van der Waals surface area contributed by atoms with Gasteiger partial charge in [-0.3, -0.25) is 9.36 Å². The highest BCUT2D eigenvalue weighted by atomic mass is 16.6. The summed E-state index contributed by atoms with van der Waals surface area (Å²) >= 11 is 0. The van der Waals surface area contributed by atoms with Gasteiger partial charge in [-0.15, -0.1) is 0 Å². The second kappa shape index (κ2) is 8.33. The Bertz CT molecular complexity index is 1270. The van der Waals surface area contributed by atoms with Gasteiger partial charge in [-0.1, -0.05) is 25.1 Å². The number of ether oxygens (including phenoxy) is 1. The molecule has 0 radical (unpaired) electrons. The Kier molecular flexibility index (Phi) is 5.45. The first kappa shape index (κ1) is 22.2. The molecule has 2 N–H and O–H groups in total. The lowest BCUT2D eigenvalue weighted by Gasteiger charge is -2.40. The normalized spacial score (nSPS) is 26.0. The number of piperidine rings is 1. The van der Waals surface area contributed by atoms with E-state index in [0.29, 0.717) is 42.4 Å². The molecule has 2 aliphatic heterocycles.